The molecule has 40 heavy (non-hydrogen) atoms. The molecule has 0 aromatic heterocycles. The summed E-state index contributed by atoms with van der Waals surface area (Å²) in [5.74, 6) is -0.344. The lowest BCUT2D eigenvalue weighted by Gasteiger charge is -2.17. The minimum Gasteiger partial charge on any atom is -0.418 e. The minimum atomic E-state index is -0.631. The van der Waals surface area contributed by atoms with Crippen molar-refractivity contribution in [3.8, 4) is 0 Å². The van der Waals surface area contributed by atoms with Gasteiger partial charge in [0, 0.05) is 28.8 Å². The van der Waals surface area contributed by atoms with Gasteiger partial charge >= 0.3 is 11.9 Å². The Morgan fingerprint density at radius 1 is 0.525 bits per heavy atom. The summed E-state index contributed by atoms with van der Waals surface area (Å²) in [4.78, 5) is 27.0. The molecule has 4 aromatic carbocycles. The van der Waals surface area contributed by atoms with Gasteiger partial charge in [-0.1, -0.05) is 67.6 Å². The molecule has 0 N–H and O–H groups in total. The highest BCUT2D eigenvalue weighted by Crippen LogP contribution is 2.32. The van der Waals surface area contributed by atoms with Gasteiger partial charge < -0.3 is 9.47 Å². The van der Waals surface area contributed by atoms with E-state index in [1.807, 2.05) is 37.3 Å². The fourth-order valence-corrected chi connectivity index (χ4v) is 4.57. The zero-order chi connectivity index (χ0) is 28.5. The molecule has 0 aliphatic rings. The molecule has 4 nitrogen and oxygen atoms in total. The third-order valence-electron chi connectivity index (χ3n) is 6.17. The third kappa shape index (κ3) is 7.33. The van der Waals surface area contributed by atoms with E-state index in [4.69, 9.17) is 44.3 Å². The SMILES string of the molecule is CCc1cccc(C(=O)O/C(=C(/OC(=O)c2cccc(CCl)c2)c2cccc(CCl)c2)c2cccc(CCl)c2)c1. The van der Waals surface area contributed by atoms with Gasteiger partial charge in [-0.2, -0.15) is 0 Å². The summed E-state index contributed by atoms with van der Waals surface area (Å²) >= 11 is 18.3. The predicted octanol–water partition coefficient (Wildman–Crippen LogP) is 9.01. The molecule has 0 aliphatic heterocycles. The molecule has 0 bridgehead atoms. The van der Waals surface area contributed by atoms with Crippen LogP contribution in [0.25, 0.3) is 11.5 Å². The summed E-state index contributed by atoms with van der Waals surface area (Å²) < 4.78 is 12.1. The van der Waals surface area contributed by atoms with Crippen molar-refractivity contribution in [3.05, 3.63) is 142 Å². The summed E-state index contributed by atoms with van der Waals surface area (Å²) in [6, 6.07) is 28.5. The maximum absolute atomic E-state index is 13.5. The van der Waals surface area contributed by atoms with E-state index >= 15 is 0 Å². The van der Waals surface area contributed by atoms with Crippen LogP contribution in [0.1, 0.15) is 61.0 Å². The first-order valence-electron chi connectivity index (χ1n) is 12.7. The number of esters is 2. The average Bonchev–Trinajstić information content (AvgIpc) is 3.02. The zero-order valence-corrected chi connectivity index (χ0v) is 24.1. The van der Waals surface area contributed by atoms with E-state index in [2.05, 4.69) is 0 Å². The molecule has 0 aliphatic carbocycles. The van der Waals surface area contributed by atoms with Gasteiger partial charge in [0.15, 0.2) is 11.5 Å². The van der Waals surface area contributed by atoms with E-state index in [0.717, 1.165) is 28.7 Å². The maximum Gasteiger partial charge on any atom is 0.343 e. The molecule has 0 unspecified atom stereocenters. The number of hydrogen-bond acceptors (Lipinski definition) is 4. The predicted molar refractivity (Wildman–Crippen MR) is 161 cm³/mol. The third-order valence-corrected chi connectivity index (χ3v) is 7.10. The van der Waals surface area contributed by atoms with Crippen LogP contribution in [0.2, 0.25) is 0 Å². The highest BCUT2D eigenvalue weighted by molar-refractivity contribution is 6.17. The quantitative estimate of drug-likeness (QED) is 0.0797. The molecule has 0 fully saturated rings. The number of rotatable bonds is 10. The molecule has 0 heterocycles. The molecular formula is C33H27Cl3O4. The second kappa shape index (κ2) is 14.2. The summed E-state index contributed by atoms with van der Waals surface area (Å²) in [5.41, 5.74) is 5.07. The Morgan fingerprint density at radius 2 is 0.850 bits per heavy atom. The number of halogens is 3. The van der Waals surface area contributed by atoms with Crippen LogP contribution in [0.3, 0.4) is 0 Å². The van der Waals surface area contributed by atoms with Crippen LogP contribution in [0.15, 0.2) is 97.1 Å². The molecule has 0 radical (unpaired) electrons. The van der Waals surface area contributed by atoms with Crippen LogP contribution in [0.4, 0.5) is 0 Å². The van der Waals surface area contributed by atoms with E-state index < -0.39 is 11.9 Å². The Kier molecular flexibility index (Phi) is 10.4. The van der Waals surface area contributed by atoms with E-state index in [9.17, 15) is 9.59 Å². The molecule has 4 rings (SSSR count). The van der Waals surface area contributed by atoms with Crippen LogP contribution in [-0.4, -0.2) is 11.9 Å². The topological polar surface area (TPSA) is 52.6 Å². The fourth-order valence-electron chi connectivity index (χ4n) is 4.07. The van der Waals surface area contributed by atoms with Gasteiger partial charge in [-0.15, -0.1) is 34.8 Å². The van der Waals surface area contributed by atoms with Crippen LogP contribution >= 0.6 is 34.8 Å². The normalized spacial score (nSPS) is 11.5. The Hall–Kier alpha value is -3.57. The molecule has 0 atom stereocenters. The van der Waals surface area contributed by atoms with Crippen molar-refractivity contribution in [2.45, 2.75) is 31.0 Å². The van der Waals surface area contributed by atoms with Gasteiger partial charge in [0.1, 0.15) is 0 Å². The fraction of sp³-hybridized carbons (Fsp3) is 0.152. The standard InChI is InChI=1S/C33H27Cl3O4/c1-2-22-7-3-13-28(15-22)32(37)39-30(26-11-4-8-23(16-26)19-34)31(27-12-5-9-24(17-27)20-35)40-33(38)29-14-6-10-25(18-29)21-36/h3-18H,2,19-21H2,1H3/b31-30+. The van der Waals surface area contributed by atoms with Crippen molar-refractivity contribution < 1.29 is 19.1 Å². The van der Waals surface area contributed by atoms with Crippen molar-refractivity contribution in [2.75, 3.05) is 0 Å². The number of benzene rings is 4. The summed E-state index contributed by atoms with van der Waals surface area (Å²) in [7, 11) is 0. The van der Waals surface area contributed by atoms with Gasteiger partial charge in [-0.05, 0) is 65.1 Å². The number of carbonyl (C=O) groups is 2. The summed E-state index contributed by atoms with van der Waals surface area (Å²) in [5, 5.41) is 0. The molecular weight excluding hydrogens is 567 g/mol. The molecule has 0 saturated carbocycles. The molecule has 4 aromatic rings. The number of alkyl halides is 3. The molecule has 7 heteroatoms. The summed E-state index contributed by atoms with van der Waals surface area (Å²) in [6.07, 6.45) is 0.761. The van der Waals surface area contributed by atoms with E-state index in [1.54, 1.807) is 66.7 Å². The highest BCUT2D eigenvalue weighted by atomic mass is 35.5. The van der Waals surface area contributed by atoms with Crippen LogP contribution in [0, 0.1) is 0 Å². The summed E-state index contributed by atoms with van der Waals surface area (Å²) in [6.45, 7) is 2.01. The molecule has 0 saturated heterocycles. The average molecular weight is 594 g/mol. The Balaban J connectivity index is 1.90. The van der Waals surface area contributed by atoms with Crippen molar-refractivity contribution in [3.63, 3.8) is 0 Å². The van der Waals surface area contributed by atoms with Crippen LogP contribution in [-0.2, 0) is 33.5 Å². The van der Waals surface area contributed by atoms with E-state index in [0.29, 0.717) is 22.3 Å². The lowest BCUT2D eigenvalue weighted by atomic mass is 10.0. The first-order chi connectivity index (χ1) is 19.4. The largest absolute Gasteiger partial charge is 0.418 e. The number of carbonyl (C=O) groups excluding carboxylic acids is 2. The monoisotopic (exact) mass is 592 g/mol. The molecule has 204 valence electrons. The van der Waals surface area contributed by atoms with Gasteiger partial charge in [0.05, 0.1) is 11.1 Å². The maximum atomic E-state index is 13.5. The van der Waals surface area contributed by atoms with Gasteiger partial charge in [0.25, 0.3) is 0 Å². The molecule has 0 amide bonds. The highest BCUT2D eigenvalue weighted by Gasteiger charge is 2.24. The lowest BCUT2D eigenvalue weighted by molar-refractivity contribution is 0.0646. The van der Waals surface area contributed by atoms with Gasteiger partial charge in [0.2, 0.25) is 0 Å². The zero-order valence-electron chi connectivity index (χ0n) is 21.8. The number of ether oxygens (including phenoxy) is 2. The van der Waals surface area contributed by atoms with E-state index in [-0.39, 0.29) is 29.2 Å². The first-order valence-corrected chi connectivity index (χ1v) is 14.3. The van der Waals surface area contributed by atoms with Crippen molar-refractivity contribution in [1.29, 1.82) is 0 Å². The van der Waals surface area contributed by atoms with Crippen LogP contribution in [0.5, 0.6) is 0 Å². The molecule has 0 spiro atoms. The Labute approximate surface area is 249 Å². The first kappa shape index (κ1) is 29.4. The van der Waals surface area contributed by atoms with Gasteiger partial charge in [-0.25, -0.2) is 9.59 Å². The van der Waals surface area contributed by atoms with Crippen molar-refractivity contribution in [2.24, 2.45) is 0 Å². The van der Waals surface area contributed by atoms with Crippen molar-refractivity contribution >= 4 is 58.3 Å². The Bertz CT molecular complexity index is 1430. The van der Waals surface area contributed by atoms with Gasteiger partial charge in [-0.3, -0.25) is 0 Å². The smallest absolute Gasteiger partial charge is 0.343 e. The van der Waals surface area contributed by atoms with Crippen molar-refractivity contribution in [1.82, 2.24) is 0 Å². The van der Waals surface area contributed by atoms with E-state index in [1.165, 1.54) is 0 Å². The lowest BCUT2D eigenvalue weighted by Crippen LogP contribution is -2.12. The number of hydrogen-bond donors (Lipinski definition) is 0. The number of aryl methyl sites for hydroxylation is 1. The van der Waals surface area contributed by atoms with Crippen LogP contribution < -0.4 is 0 Å². The second-order valence-corrected chi connectivity index (χ2v) is 9.80. The minimum absolute atomic E-state index is 0.0694. The second-order valence-electron chi connectivity index (χ2n) is 8.99. The Morgan fingerprint density at radius 3 is 1.23 bits per heavy atom.